The van der Waals surface area contributed by atoms with E-state index in [4.69, 9.17) is 15.0 Å². The second-order valence-corrected chi connectivity index (χ2v) is 3.19. The Balaban J connectivity index is 2.63. The molecule has 1 rings (SSSR count). The summed E-state index contributed by atoms with van der Waals surface area (Å²) in [5.41, 5.74) is 8.09. The Morgan fingerprint density at radius 2 is 2.31 bits per heavy atom. The van der Waals surface area contributed by atoms with E-state index in [-0.39, 0.29) is 6.54 Å². The lowest BCUT2D eigenvalue weighted by atomic mass is 10.2. The Morgan fingerprint density at radius 1 is 1.62 bits per heavy atom. The van der Waals surface area contributed by atoms with Crippen molar-refractivity contribution in [3.05, 3.63) is 10.4 Å². The third-order valence-electron chi connectivity index (χ3n) is 1.68. The zero-order chi connectivity index (χ0) is 9.90. The van der Waals surface area contributed by atoms with Crippen molar-refractivity contribution >= 4 is 6.29 Å². The smallest absolute Gasteiger partial charge is 0.164 e. The first kappa shape index (κ1) is 9.98. The number of ether oxygens (including phenoxy) is 2. The molecule has 0 unspecified atom stereocenters. The SMILES string of the molecule is CC1(C)O[C@@H](CN=[N+]=[N-])[C@@H](C=O)O1. The van der Waals surface area contributed by atoms with Gasteiger partial charge < -0.3 is 14.3 Å². The molecule has 2 atom stereocenters. The molecule has 1 fully saturated rings. The van der Waals surface area contributed by atoms with Crippen LogP contribution in [0.5, 0.6) is 0 Å². The van der Waals surface area contributed by atoms with Gasteiger partial charge in [0, 0.05) is 4.91 Å². The molecule has 6 heteroatoms. The van der Waals surface area contributed by atoms with E-state index >= 15 is 0 Å². The minimum Gasteiger partial charge on any atom is -0.344 e. The van der Waals surface area contributed by atoms with E-state index in [1.165, 1.54) is 0 Å². The first-order valence-corrected chi connectivity index (χ1v) is 3.91. The molecule has 0 N–H and O–H groups in total. The van der Waals surface area contributed by atoms with Crippen molar-refractivity contribution < 1.29 is 14.3 Å². The van der Waals surface area contributed by atoms with Crippen LogP contribution < -0.4 is 0 Å². The van der Waals surface area contributed by atoms with Gasteiger partial charge in [0.15, 0.2) is 12.1 Å². The van der Waals surface area contributed by atoms with Crippen LogP contribution in [0.4, 0.5) is 0 Å². The van der Waals surface area contributed by atoms with Gasteiger partial charge in [0.05, 0.1) is 12.6 Å². The van der Waals surface area contributed by atoms with E-state index in [9.17, 15) is 4.79 Å². The lowest BCUT2D eigenvalue weighted by molar-refractivity contribution is -0.149. The maximum atomic E-state index is 10.5. The van der Waals surface area contributed by atoms with Crippen LogP contribution >= 0.6 is 0 Å². The first-order valence-electron chi connectivity index (χ1n) is 3.91. The summed E-state index contributed by atoms with van der Waals surface area (Å²) in [6, 6.07) is 0. The van der Waals surface area contributed by atoms with Crippen LogP contribution in [-0.2, 0) is 14.3 Å². The molecule has 13 heavy (non-hydrogen) atoms. The maximum Gasteiger partial charge on any atom is 0.164 e. The molecular weight excluding hydrogens is 174 g/mol. The van der Waals surface area contributed by atoms with Gasteiger partial charge in [-0.15, -0.1) is 0 Å². The Bertz CT molecular complexity index is 247. The number of carbonyl (C=O) groups excluding carboxylic acids is 1. The van der Waals surface area contributed by atoms with Crippen molar-refractivity contribution in [3.63, 3.8) is 0 Å². The van der Waals surface area contributed by atoms with Gasteiger partial charge in [0.1, 0.15) is 6.10 Å². The number of azide groups is 1. The van der Waals surface area contributed by atoms with Crippen molar-refractivity contribution in [2.75, 3.05) is 6.54 Å². The molecular formula is C7H11N3O3. The van der Waals surface area contributed by atoms with Gasteiger partial charge in [-0.2, -0.15) is 0 Å². The molecule has 1 saturated heterocycles. The molecule has 0 radical (unpaired) electrons. The molecule has 0 spiro atoms. The molecule has 1 aliphatic rings. The average Bonchev–Trinajstić information content (AvgIpc) is 2.37. The van der Waals surface area contributed by atoms with Crippen LogP contribution in [0.1, 0.15) is 13.8 Å². The van der Waals surface area contributed by atoms with Crippen LogP contribution in [0.3, 0.4) is 0 Å². The molecule has 0 bridgehead atoms. The zero-order valence-corrected chi connectivity index (χ0v) is 7.51. The fourth-order valence-electron chi connectivity index (χ4n) is 1.24. The van der Waals surface area contributed by atoms with Crippen LogP contribution in [0, 0.1) is 0 Å². The highest BCUT2D eigenvalue weighted by atomic mass is 16.8. The highest BCUT2D eigenvalue weighted by Crippen LogP contribution is 2.27. The predicted octanol–water partition coefficient (Wildman–Crippen LogP) is 1.02. The van der Waals surface area contributed by atoms with Gasteiger partial charge in [-0.1, -0.05) is 5.11 Å². The van der Waals surface area contributed by atoms with E-state index < -0.39 is 18.0 Å². The Labute approximate surface area is 75.4 Å². The molecule has 0 aromatic heterocycles. The van der Waals surface area contributed by atoms with E-state index in [1.807, 2.05) is 0 Å². The third kappa shape index (κ3) is 2.42. The molecule has 0 aromatic carbocycles. The topological polar surface area (TPSA) is 84.3 Å². The summed E-state index contributed by atoms with van der Waals surface area (Å²) in [7, 11) is 0. The van der Waals surface area contributed by atoms with Crippen molar-refractivity contribution in [3.8, 4) is 0 Å². The standard InChI is InChI=1S/C7H11N3O3/c1-7(2)12-5(3-9-10-8)6(4-11)13-7/h4-6H,3H2,1-2H3/t5-,6+/m0/s1. The molecule has 0 saturated carbocycles. The van der Waals surface area contributed by atoms with E-state index in [2.05, 4.69) is 10.0 Å². The van der Waals surface area contributed by atoms with E-state index in [0.717, 1.165) is 0 Å². The van der Waals surface area contributed by atoms with Crippen molar-refractivity contribution in [1.82, 2.24) is 0 Å². The summed E-state index contributed by atoms with van der Waals surface area (Å²) in [4.78, 5) is 13.1. The van der Waals surface area contributed by atoms with Crippen LogP contribution in [0.2, 0.25) is 0 Å². The van der Waals surface area contributed by atoms with Gasteiger partial charge in [-0.25, -0.2) is 0 Å². The average molecular weight is 185 g/mol. The number of hydrogen-bond acceptors (Lipinski definition) is 4. The van der Waals surface area contributed by atoms with E-state index in [1.54, 1.807) is 13.8 Å². The second-order valence-electron chi connectivity index (χ2n) is 3.19. The highest BCUT2D eigenvalue weighted by molar-refractivity contribution is 5.57. The number of nitrogens with zero attached hydrogens (tertiary/aromatic N) is 3. The van der Waals surface area contributed by atoms with Crippen LogP contribution in [0.25, 0.3) is 10.4 Å². The van der Waals surface area contributed by atoms with Crippen molar-refractivity contribution in [1.29, 1.82) is 0 Å². The fourth-order valence-corrected chi connectivity index (χ4v) is 1.24. The molecule has 0 aliphatic carbocycles. The molecule has 0 aromatic rings. The monoisotopic (exact) mass is 185 g/mol. The van der Waals surface area contributed by atoms with Gasteiger partial charge in [-0.05, 0) is 19.4 Å². The number of carbonyl (C=O) groups is 1. The van der Waals surface area contributed by atoms with Gasteiger partial charge in [-0.3, -0.25) is 0 Å². The summed E-state index contributed by atoms with van der Waals surface area (Å²) < 4.78 is 10.6. The lowest BCUT2D eigenvalue weighted by Crippen LogP contribution is -2.26. The largest absolute Gasteiger partial charge is 0.344 e. The summed E-state index contributed by atoms with van der Waals surface area (Å²) >= 11 is 0. The Kier molecular flexibility index (Phi) is 2.87. The maximum absolute atomic E-state index is 10.5. The first-order chi connectivity index (χ1) is 6.09. The Morgan fingerprint density at radius 3 is 2.85 bits per heavy atom. The summed E-state index contributed by atoms with van der Waals surface area (Å²) in [5.74, 6) is -0.777. The summed E-state index contributed by atoms with van der Waals surface area (Å²) in [5, 5.41) is 3.33. The molecule has 1 aliphatic heterocycles. The van der Waals surface area contributed by atoms with Crippen LogP contribution in [-0.4, -0.2) is 30.8 Å². The zero-order valence-electron chi connectivity index (χ0n) is 7.51. The van der Waals surface area contributed by atoms with Gasteiger partial charge in [0.2, 0.25) is 0 Å². The van der Waals surface area contributed by atoms with E-state index in [0.29, 0.717) is 6.29 Å². The molecule has 6 nitrogen and oxygen atoms in total. The fraction of sp³-hybridized carbons (Fsp3) is 0.857. The molecule has 1 heterocycles. The highest BCUT2D eigenvalue weighted by Gasteiger charge is 2.40. The Hall–Kier alpha value is -1.10. The molecule has 0 amide bonds. The summed E-state index contributed by atoms with van der Waals surface area (Å²) in [6.07, 6.45) is -0.448. The number of aldehydes is 1. The van der Waals surface area contributed by atoms with Gasteiger partial charge in [0.25, 0.3) is 0 Å². The predicted molar refractivity (Wildman–Crippen MR) is 43.9 cm³/mol. The normalized spacial score (nSPS) is 30.9. The summed E-state index contributed by atoms with van der Waals surface area (Å²) in [6.45, 7) is 3.53. The van der Waals surface area contributed by atoms with Crippen LogP contribution in [0.15, 0.2) is 5.11 Å². The van der Waals surface area contributed by atoms with Gasteiger partial charge >= 0.3 is 0 Å². The third-order valence-corrected chi connectivity index (χ3v) is 1.68. The number of hydrogen-bond donors (Lipinski definition) is 0. The minimum absolute atomic E-state index is 0.114. The van der Waals surface area contributed by atoms with Crippen molar-refractivity contribution in [2.24, 2.45) is 5.11 Å². The minimum atomic E-state index is -0.777. The lowest BCUT2D eigenvalue weighted by Gasteiger charge is -2.15. The second kappa shape index (κ2) is 3.74. The van der Waals surface area contributed by atoms with Crippen molar-refractivity contribution in [2.45, 2.75) is 31.8 Å². The molecule has 72 valence electrons. The quantitative estimate of drug-likeness (QED) is 0.284. The number of rotatable bonds is 3.